The van der Waals surface area contributed by atoms with Crippen LogP contribution in [0.25, 0.3) is 16.7 Å². The number of hydrogen-bond donors (Lipinski definition) is 0. The van der Waals surface area contributed by atoms with Crippen LogP contribution in [0.5, 0.6) is 0 Å². The van der Waals surface area contributed by atoms with Crippen molar-refractivity contribution in [3.63, 3.8) is 0 Å². The van der Waals surface area contributed by atoms with Crippen LogP contribution in [0.3, 0.4) is 0 Å². The monoisotopic (exact) mass is 402 g/mol. The van der Waals surface area contributed by atoms with Crippen LogP contribution >= 0.6 is 50.7 Å². The Balaban J connectivity index is 2.35. The third kappa shape index (κ3) is 2.80. The van der Waals surface area contributed by atoms with Crippen molar-refractivity contribution in [2.45, 2.75) is 6.42 Å². The maximum atomic E-state index is 6.21. The maximum absolute atomic E-state index is 6.21. The molecule has 0 fully saturated rings. The number of halogens is 4. The van der Waals surface area contributed by atoms with E-state index in [1.807, 2.05) is 41.0 Å². The first-order valence-electron chi connectivity index (χ1n) is 6.29. The van der Waals surface area contributed by atoms with Gasteiger partial charge in [-0.3, -0.25) is 4.57 Å². The third-order valence-electron chi connectivity index (χ3n) is 3.18. The highest BCUT2D eigenvalue weighted by Gasteiger charge is 2.15. The van der Waals surface area contributed by atoms with Crippen molar-refractivity contribution < 1.29 is 0 Å². The molecule has 0 spiro atoms. The van der Waals surface area contributed by atoms with Gasteiger partial charge in [-0.25, -0.2) is 4.98 Å². The first kappa shape index (κ1) is 15.2. The van der Waals surface area contributed by atoms with Gasteiger partial charge in [-0.1, -0.05) is 29.3 Å². The van der Waals surface area contributed by atoms with E-state index in [0.717, 1.165) is 27.0 Å². The van der Waals surface area contributed by atoms with E-state index in [1.54, 1.807) is 0 Å². The van der Waals surface area contributed by atoms with Gasteiger partial charge in [0.1, 0.15) is 5.82 Å². The summed E-state index contributed by atoms with van der Waals surface area (Å²) in [5.74, 6) is 1.38. The standard InChI is InChI=1S/C15H10BrCl3N2/c16-15-10(19)2-1-3-12(15)21-13-8-9(18)4-5-11(13)20-14(21)6-7-17/h1-5,8H,6-7H2. The van der Waals surface area contributed by atoms with Gasteiger partial charge in [-0.15, -0.1) is 11.6 Å². The highest BCUT2D eigenvalue weighted by molar-refractivity contribution is 9.10. The lowest BCUT2D eigenvalue weighted by Gasteiger charge is -2.11. The lowest BCUT2D eigenvalue weighted by molar-refractivity contribution is 0.909. The number of nitrogens with zero attached hydrogens (tertiary/aromatic N) is 2. The lowest BCUT2D eigenvalue weighted by atomic mass is 10.2. The van der Waals surface area contributed by atoms with Crippen molar-refractivity contribution in [2.75, 3.05) is 5.88 Å². The van der Waals surface area contributed by atoms with E-state index < -0.39 is 0 Å². The number of fused-ring (bicyclic) bond motifs is 1. The lowest BCUT2D eigenvalue weighted by Crippen LogP contribution is -2.03. The molecule has 0 aliphatic rings. The zero-order valence-electron chi connectivity index (χ0n) is 10.8. The van der Waals surface area contributed by atoms with Crippen molar-refractivity contribution in [1.82, 2.24) is 9.55 Å². The zero-order chi connectivity index (χ0) is 15.0. The second-order valence-corrected chi connectivity index (χ2v) is 6.52. The Labute approximate surface area is 145 Å². The number of rotatable bonds is 3. The molecule has 1 aromatic heterocycles. The molecule has 0 unspecified atom stereocenters. The zero-order valence-corrected chi connectivity index (χ0v) is 14.6. The Morgan fingerprint density at radius 1 is 1.14 bits per heavy atom. The SMILES string of the molecule is ClCCc1nc2ccc(Cl)cc2n1-c1cccc(Cl)c1Br. The summed E-state index contributed by atoms with van der Waals surface area (Å²) < 4.78 is 2.86. The number of imidazole rings is 1. The topological polar surface area (TPSA) is 17.8 Å². The van der Waals surface area contributed by atoms with Crippen molar-refractivity contribution in [1.29, 1.82) is 0 Å². The molecule has 3 aromatic rings. The first-order chi connectivity index (χ1) is 10.1. The van der Waals surface area contributed by atoms with Crippen LogP contribution in [-0.2, 0) is 6.42 Å². The van der Waals surface area contributed by atoms with Crippen LogP contribution in [0.1, 0.15) is 5.82 Å². The van der Waals surface area contributed by atoms with Crippen LogP contribution in [0.2, 0.25) is 10.0 Å². The molecule has 0 N–H and O–H groups in total. The summed E-state index contributed by atoms with van der Waals surface area (Å²) in [6.45, 7) is 0. The van der Waals surface area contributed by atoms with Crippen molar-refractivity contribution in [2.24, 2.45) is 0 Å². The summed E-state index contributed by atoms with van der Waals surface area (Å²) in [6, 6.07) is 11.4. The molecule has 1 heterocycles. The fourth-order valence-electron chi connectivity index (χ4n) is 2.28. The van der Waals surface area contributed by atoms with Crippen molar-refractivity contribution in [3.05, 3.63) is 56.7 Å². The van der Waals surface area contributed by atoms with Gasteiger partial charge in [0.2, 0.25) is 0 Å². The summed E-state index contributed by atoms with van der Waals surface area (Å²) in [6.07, 6.45) is 0.660. The summed E-state index contributed by atoms with van der Waals surface area (Å²) in [7, 11) is 0. The van der Waals surface area contributed by atoms with Gasteiger partial charge in [-0.05, 0) is 46.3 Å². The highest BCUT2D eigenvalue weighted by atomic mass is 79.9. The molecule has 0 atom stereocenters. The van der Waals surface area contributed by atoms with E-state index in [0.29, 0.717) is 22.3 Å². The molecule has 2 aromatic carbocycles. The minimum absolute atomic E-state index is 0.495. The Bertz CT molecular complexity index is 814. The average Bonchev–Trinajstić information content (AvgIpc) is 2.80. The van der Waals surface area contributed by atoms with E-state index in [9.17, 15) is 0 Å². The van der Waals surface area contributed by atoms with E-state index in [2.05, 4.69) is 20.9 Å². The molecule has 2 nitrogen and oxygen atoms in total. The van der Waals surface area contributed by atoms with E-state index in [4.69, 9.17) is 34.8 Å². The Morgan fingerprint density at radius 2 is 1.95 bits per heavy atom. The molecule has 0 amide bonds. The maximum Gasteiger partial charge on any atom is 0.115 e. The molecular formula is C15H10BrCl3N2. The predicted molar refractivity (Wildman–Crippen MR) is 93.2 cm³/mol. The van der Waals surface area contributed by atoms with Gasteiger partial charge in [0, 0.05) is 17.3 Å². The van der Waals surface area contributed by atoms with Gasteiger partial charge in [0.15, 0.2) is 0 Å². The number of alkyl halides is 1. The summed E-state index contributed by atoms with van der Waals surface area (Å²) in [5, 5.41) is 1.31. The largest absolute Gasteiger partial charge is 0.295 e. The predicted octanol–water partition coefficient (Wildman–Crippen LogP) is 5.88. The average molecular weight is 405 g/mol. The van der Waals surface area contributed by atoms with Crippen molar-refractivity contribution >= 4 is 61.8 Å². The van der Waals surface area contributed by atoms with E-state index >= 15 is 0 Å². The fraction of sp³-hybridized carbons (Fsp3) is 0.133. The molecule has 3 rings (SSSR count). The van der Waals surface area contributed by atoms with E-state index in [1.165, 1.54) is 0 Å². The summed E-state index contributed by atoms with van der Waals surface area (Å²) >= 11 is 21.8. The molecule has 0 aliphatic heterocycles. The van der Waals surface area contributed by atoms with Gasteiger partial charge in [0.05, 0.1) is 26.2 Å². The molecule has 6 heteroatoms. The molecular weight excluding hydrogens is 394 g/mol. The van der Waals surface area contributed by atoms with Crippen LogP contribution < -0.4 is 0 Å². The fourth-order valence-corrected chi connectivity index (χ4v) is 3.23. The minimum Gasteiger partial charge on any atom is -0.295 e. The summed E-state index contributed by atoms with van der Waals surface area (Å²) in [4.78, 5) is 4.65. The normalized spacial score (nSPS) is 11.2. The van der Waals surface area contributed by atoms with Crippen molar-refractivity contribution in [3.8, 4) is 5.69 Å². The number of hydrogen-bond acceptors (Lipinski definition) is 1. The third-order valence-corrected chi connectivity index (χ3v) is 4.98. The number of aromatic nitrogens is 2. The quantitative estimate of drug-likeness (QED) is 0.499. The molecule has 108 valence electrons. The van der Waals surface area contributed by atoms with Crippen LogP contribution in [0.15, 0.2) is 40.9 Å². The number of aryl methyl sites for hydroxylation is 1. The van der Waals surface area contributed by atoms with Gasteiger partial charge in [0.25, 0.3) is 0 Å². The van der Waals surface area contributed by atoms with Gasteiger partial charge in [-0.2, -0.15) is 0 Å². The van der Waals surface area contributed by atoms with Crippen LogP contribution in [-0.4, -0.2) is 15.4 Å². The van der Waals surface area contributed by atoms with Crippen LogP contribution in [0.4, 0.5) is 0 Å². The molecule has 0 saturated carbocycles. The summed E-state index contributed by atoms with van der Waals surface area (Å²) in [5.41, 5.74) is 2.74. The smallest absolute Gasteiger partial charge is 0.115 e. The second kappa shape index (κ2) is 6.17. The van der Waals surface area contributed by atoms with Gasteiger partial charge < -0.3 is 0 Å². The molecule has 21 heavy (non-hydrogen) atoms. The molecule has 0 aliphatic carbocycles. The molecule has 0 bridgehead atoms. The minimum atomic E-state index is 0.495. The second-order valence-electron chi connectivity index (χ2n) is 4.51. The Hall–Kier alpha value is -0.740. The highest BCUT2D eigenvalue weighted by Crippen LogP contribution is 2.33. The van der Waals surface area contributed by atoms with Gasteiger partial charge >= 0.3 is 0 Å². The Kier molecular flexibility index (Phi) is 4.46. The van der Waals surface area contributed by atoms with Crippen LogP contribution in [0, 0.1) is 0 Å². The molecule has 0 radical (unpaired) electrons. The number of benzene rings is 2. The first-order valence-corrected chi connectivity index (χ1v) is 8.37. The van der Waals surface area contributed by atoms with E-state index in [-0.39, 0.29) is 0 Å². The molecule has 0 saturated heterocycles. The Morgan fingerprint density at radius 3 is 2.71 bits per heavy atom.